The minimum atomic E-state index is -3.13. The molecule has 0 aromatic carbocycles. The van der Waals surface area contributed by atoms with Gasteiger partial charge >= 0.3 is 16.5 Å². The van der Waals surface area contributed by atoms with Gasteiger partial charge in [0.25, 0.3) is 0 Å². The number of aliphatic hydroxyl groups excluding tert-OH is 1. The van der Waals surface area contributed by atoms with Gasteiger partial charge in [-0.25, -0.2) is 0 Å². The standard InChI is InChI=1S/C7H9NO.2H3O3P/c9-5-3-7-2-1-4-8-6-7;2*1-4(2)3/h1-2,4,6,9H,3,5H2;2*4H,(H2,1,2,3). The molecule has 0 unspecified atom stereocenters. The SMILES string of the molecule is O=[PH](O)O.O=[PH](O)O.OCCc1cccnc1. The lowest BCUT2D eigenvalue weighted by atomic mass is 10.2. The first-order chi connectivity index (χ1) is 7.90. The van der Waals surface area contributed by atoms with E-state index in [1.54, 1.807) is 12.4 Å². The molecule has 1 heterocycles. The van der Waals surface area contributed by atoms with Crippen molar-refractivity contribution < 1.29 is 33.8 Å². The fraction of sp³-hybridized carbons (Fsp3) is 0.286. The van der Waals surface area contributed by atoms with Gasteiger partial charge in [0.15, 0.2) is 0 Å². The summed E-state index contributed by atoms with van der Waals surface area (Å²) >= 11 is 0. The number of rotatable bonds is 2. The van der Waals surface area contributed by atoms with Crippen LogP contribution in [0.4, 0.5) is 0 Å². The third-order valence-corrected chi connectivity index (χ3v) is 1.12. The highest BCUT2D eigenvalue weighted by Crippen LogP contribution is 1.99. The quantitative estimate of drug-likeness (QED) is 0.450. The Balaban J connectivity index is 0. The van der Waals surface area contributed by atoms with Crippen molar-refractivity contribution in [1.29, 1.82) is 0 Å². The topological polar surface area (TPSA) is 148 Å². The summed E-state index contributed by atoms with van der Waals surface area (Å²) in [6.45, 7) is 0.200. The molecule has 0 aliphatic carbocycles. The third-order valence-electron chi connectivity index (χ3n) is 1.12. The Hall–Kier alpha value is -0.590. The molecule has 0 radical (unpaired) electrons. The van der Waals surface area contributed by atoms with Crippen LogP contribution >= 0.6 is 16.5 Å². The van der Waals surface area contributed by atoms with Crippen LogP contribution in [0, 0.1) is 0 Å². The van der Waals surface area contributed by atoms with Crippen molar-refractivity contribution >= 4 is 16.5 Å². The van der Waals surface area contributed by atoms with Crippen LogP contribution in [0.3, 0.4) is 0 Å². The van der Waals surface area contributed by atoms with E-state index in [-0.39, 0.29) is 6.61 Å². The summed E-state index contributed by atoms with van der Waals surface area (Å²) in [5.74, 6) is 0. The molecule has 100 valence electrons. The van der Waals surface area contributed by atoms with Crippen molar-refractivity contribution in [2.45, 2.75) is 6.42 Å². The minimum Gasteiger partial charge on any atom is -0.396 e. The van der Waals surface area contributed by atoms with E-state index in [1.807, 2.05) is 12.1 Å². The summed E-state index contributed by atoms with van der Waals surface area (Å²) in [6, 6.07) is 3.81. The van der Waals surface area contributed by atoms with E-state index in [0.717, 1.165) is 5.56 Å². The van der Waals surface area contributed by atoms with Gasteiger partial charge in [-0.2, -0.15) is 0 Å². The van der Waals surface area contributed by atoms with Crippen molar-refractivity contribution in [3.05, 3.63) is 30.1 Å². The highest BCUT2D eigenvalue weighted by molar-refractivity contribution is 7.31. The zero-order chi connectivity index (χ0) is 13.7. The Bertz CT molecular complexity index is 301. The van der Waals surface area contributed by atoms with Gasteiger partial charge in [0, 0.05) is 19.0 Å². The van der Waals surface area contributed by atoms with E-state index in [1.165, 1.54) is 0 Å². The molecule has 1 aromatic heterocycles. The van der Waals surface area contributed by atoms with Crippen LogP contribution in [-0.2, 0) is 15.6 Å². The van der Waals surface area contributed by atoms with Crippen LogP contribution in [0.25, 0.3) is 0 Å². The maximum atomic E-state index is 8.74. The van der Waals surface area contributed by atoms with Crippen molar-refractivity contribution in [1.82, 2.24) is 4.98 Å². The maximum absolute atomic E-state index is 8.74. The number of hydrogen-bond acceptors (Lipinski definition) is 4. The Morgan fingerprint density at radius 3 is 1.88 bits per heavy atom. The first-order valence-electron chi connectivity index (χ1n) is 4.23. The van der Waals surface area contributed by atoms with E-state index < -0.39 is 16.5 Å². The number of hydrogen-bond donors (Lipinski definition) is 5. The predicted octanol–water partition coefficient (Wildman–Crippen LogP) is -0.662. The predicted molar refractivity (Wildman–Crippen MR) is 61.9 cm³/mol. The van der Waals surface area contributed by atoms with Crippen LogP contribution in [0.2, 0.25) is 0 Å². The molecule has 0 aliphatic heterocycles. The molecule has 8 nitrogen and oxygen atoms in total. The largest absolute Gasteiger partial charge is 0.396 e. The molecule has 0 saturated carbocycles. The third kappa shape index (κ3) is 25.6. The van der Waals surface area contributed by atoms with E-state index in [9.17, 15) is 0 Å². The molecule has 1 aromatic rings. The van der Waals surface area contributed by atoms with Crippen molar-refractivity contribution in [3.63, 3.8) is 0 Å². The minimum absolute atomic E-state index is 0.200. The van der Waals surface area contributed by atoms with Gasteiger partial charge in [0.2, 0.25) is 0 Å². The summed E-state index contributed by atoms with van der Waals surface area (Å²) in [5, 5.41) is 8.49. The molecular formula is C7H15NO7P2. The van der Waals surface area contributed by atoms with Gasteiger partial charge in [0.1, 0.15) is 0 Å². The van der Waals surface area contributed by atoms with Crippen LogP contribution in [0.15, 0.2) is 24.5 Å². The van der Waals surface area contributed by atoms with E-state index in [0.29, 0.717) is 6.42 Å². The summed E-state index contributed by atoms with van der Waals surface area (Å²) in [6.07, 6.45) is 4.19. The zero-order valence-electron chi connectivity index (χ0n) is 8.72. The van der Waals surface area contributed by atoms with Crippen molar-refractivity contribution in [2.75, 3.05) is 6.61 Å². The normalized spacial score (nSPS) is 9.12. The fourth-order valence-electron chi connectivity index (χ4n) is 0.675. The molecule has 0 amide bonds. The lowest BCUT2D eigenvalue weighted by molar-refractivity contribution is 0.299. The molecule has 0 atom stereocenters. The number of nitrogens with zero attached hydrogens (tertiary/aromatic N) is 1. The summed E-state index contributed by atoms with van der Waals surface area (Å²) < 4.78 is 17.5. The first-order valence-corrected chi connectivity index (χ1v) is 6.84. The van der Waals surface area contributed by atoms with E-state index in [4.69, 9.17) is 33.8 Å². The van der Waals surface area contributed by atoms with Crippen LogP contribution in [0.1, 0.15) is 5.56 Å². The van der Waals surface area contributed by atoms with Gasteiger partial charge in [-0.3, -0.25) is 14.1 Å². The number of pyridine rings is 1. The Morgan fingerprint density at radius 1 is 1.12 bits per heavy atom. The summed E-state index contributed by atoms with van der Waals surface area (Å²) in [7, 11) is -6.26. The molecule has 0 spiro atoms. The molecule has 5 N–H and O–H groups in total. The molecule has 0 saturated heterocycles. The fourth-order valence-corrected chi connectivity index (χ4v) is 0.675. The van der Waals surface area contributed by atoms with Crippen LogP contribution < -0.4 is 0 Å². The van der Waals surface area contributed by atoms with Crippen molar-refractivity contribution in [2.24, 2.45) is 0 Å². The van der Waals surface area contributed by atoms with E-state index >= 15 is 0 Å². The Kier molecular flexibility index (Phi) is 14.9. The second-order valence-electron chi connectivity index (χ2n) is 2.40. The first kappa shape index (κ1) is 18.8. The average molecular weight is 287 g/mol. The van der Waals surface area contributed by atoms with Gasteiger partial charge in [-0.1, -0.05) is 6.07 Å². The summed E-state index contributed by atoms with van der Waals surface area (Å²) in [4.78, 5) is 32.5. The van der Waals surface area contributed by atoms with Crippen LogP contribution in [0.5, 0.6) is 0 Å². The number of aromatic nitrogens is 1. The highest BCUT2D eigenvalue weighted by Gasteiger charge is 1.86. The van der Waals surface area contributed by atoms with Crippen LogP contribution in [-0.4, -0.2) is 36.3 Å². The molecule has 0 fully saturated rings. The zero-order valence-corrected chi connectivity index (χ0v) is 10.7. The monoisotopic (exact) mass is 287 g/mol. The molecule has 1 rings (SSSR count). The lowest BCUT2D eigenvalue weighted by Crippen LogP contribution is -1.89. The lowest BCUT2D eigenvalue weighted by Gasteiger charge is -1.92. The Labute approximate surface area is 99.1 Å². The van der Waals surface area contributed by atoms with Gasteiger partial charge in [0.05, 0.1) is 0 Å². The van der Waals surface area contributed by atoms with E-state index in [2.05, 4.69) is 4.98 Å². The maximum Gasteiger partial charge on any atom is 0.314 e. The second kappa shape index (κ2) is 13.5. The molecule has 10 heteroatoms. The highest BCUT2D eigenvalue weighted by atomic mass is 31.1. The molecule has 17 heavy (non-hydrogen) atoms. The smallest absolute Gasteiger partial charge is 0.314 e. The second-order valence-corrected chi connectivity index (χ2v) is 3.53. The average Bonchev–Trinajstić information content (AvgIpc) is 2.18. The van der Waals surface area contributed by atoms with Gasteiger partial charge < -0.3 is 24.7 Å². The molecule has 0 aliphatic rings. The summed E-state index contributed by atoms with van der Waals surface area (Å²) in [5.41, 5.74) is 1.08. The molecular weight excluding hydrogens is 272 g/mol. The molecule has 0 bridgehead atoms. The van der Waals surface area contributed by atoms with Gasteiger partial charge in [-0.15, -0.1) is 0 Å². The Morgan fingerprint density at radius 2 is 1.59 bits per heavy atom. The van der Waals surface area contributed by atoms with Crippen molar-refractivity contribution in [3.8, 4) is 0 Å². The van der Waals surface area contributed by atoms with Gasteiger partial charge in [-0.05, 0) is 18.1 Å². The number of aliphatic hydroxyl groups is 1.